The van der Waals surface area contributed by atoms with Gasteiger partial charge in [0.1, 0.15) is 6.04 Å². The zero-order valence-electron chi connectivity index (χ0n) is 20.7. The maximum absolute atomic E-state index is 12.7. The average molecular weight is 518 g/mol. The van der Waals surface area contributed by atoms with Crippen molar-refractivity contribution < 1.29 is 23.9 Å². The summed E-state index contributed by atoms with van der Waals surface area (Å²) < 4.78 is 11.8. The first kappa shape index (κ1) is 25.0. The Kier molecular flexibility index (Phi) is 7.07. The zero-order valence-corrected chi connectivity index (χ0v) is 20.7. The van der Waals surface area contributed by atoms with Gasteiger partial charge in [-0.1, -0.05) is 0 Å². The molecule has 0 bridgehead atoms. The monoisotopic (exact) mass is 517 g/mol. The van der Waals surface area contributed by atoms with Crippen molar-refractivity contribution >= 4 is 23.4 Å². The number of hydrogen-bond donors (Lipinski definition) is 3. The van der Waals surface area contributed by atoms with E-state index in [4.69, 9.17) is 9.47 Å². The summed E-state index contributed by atoms with van der Waals surface area (Å²) in [4.78, 5) is 49.4. The number of nitrogens with one attached hydrogen (secondary N) is 3. The predicted molar refractivity (Wildman–Crippen MR) is 138 cm³/mol. The van der Waals surface area contributed by atoms with Crippen molar-refractivity contribution in [1.82, 2.24) is 20.4 Å². The van der Waals surface area contributed by atoms with Crippen LogP contribution in [0.25, 0.3) is 11.3 Å². The second-order valence-electron chi connectivity index (χ2n) is 9.13. The summed E-state index contributed by atoms with van der Waals surface area (Å²) in [5.74, 6) is 0.616. The van der Waals surface area contributed by atoms with Crippen molar-refractivity contribution in [2.75, 3.05) is 25.2 Å². The molecule has 3 N–H and O–H groups in total. The van der Waals surface area contributed by atoms with Crippen LogP contribution in [0, 0.1) is 5.92 Å². The van der Waals surface area contributed by atoms with Crippen LogP contribution in [0.1, 0.15) is 36.2 Å². The van der Waals surface area contributed by atoms with Crippen LogP contribution in [0.3, 0.4) is 0 Å². The van der Waals surface area contributed by atoms with E-state index in [-0.39, 0.29) is 37.6 Å². The van der Waals surface area contributed by atoms with E-state index in [0.717, 1.165) is 23.1 Å². The molecule has 2 aliphatic rings. The number of rotatable bonds is 9. The number of hydrogen-bond acceptors (Lipinski definition) is 7. The fraction of sp³-hybridized carbons (Fsp3) is 0.296. The molecule has 0 radical (unpaired) electrons. The summed E-state index contributed by atoms with van der Waals surface area (Å²) in [6.45, 7) is 2.09. The minimum Gasteiger partial charge on any atom is -0.454 e. The molecule has 1 aliphatic carbocycles. The fourth-order valence-electron chi connectivity index (χ4n) is 3.93. The van der Waals surface area contributed by atoms with Crippen LogP contribution in [0.4, 0.5) is 5.69 Å². The first-order chi connectivity index (χ1) is 18.4. The highest BCUT2D eigenvalue weighted by molar-refractivity contribution is 5.96. The molecule has 5 rings (SSSR count). The van der Waals surface area contributed by atoms with Gasteiger partial charge < -0.3 is 25.4 Å². The van der Waals surface area contributed by atoms with Gasteiger partial charge in [0, 0.05) is 41.9 Å². The number of aromatic nitrogens is 2. The Balaban J connectivity index is 1.12. The Labute approximate surface area is 218 Å². The van der Waals surface area contributed by atoms with E-state index >= 15 is 0 Å². The maximum Gasteiger partial charge on any atom is 0.267 e. The second kappa shape index (κ2) is 10.8. The van der Waals surface area contributed by atoms with Crippen LogP contribution in [0.5, 0.6) is 11.5 Å². The molecule has 11 nitrogen and oxygen atoms in total. The minimum atomic E-state index is -0.870. The van der Waals surface area contributed by atoms with Gasteiger partial charge in [0.2, 0.25) is 18.6 Å². The summed E-state index contributed by atoms with van der Waals surface area (Å²) in [5, 5.41) is 12.7. The molecule has 11 heteroatoms. The van der Waals surface area contributed by atoms with Crippen LogP contribution in [-0.4, -0.2) is 47.4 Å². The third-order valence-electron chi connectivity index (χ3n) is 6.31. The van der Waals surface area contributed by atoms with Gasteiger partial charge in [-0.05, 0) is 68.3 Å². The highest BCUT2D eigenvalue weighted by Crippen LogP contribution is 2.35. The van der Waals surface area contributed by atoms with E-state index in [0.29, 0.717) is 28.4 Å². The van der Waals surface area contributed by atoms with E-state index in [1.807, 2.05) is 0 Å². The summed E-state index contributed by atoms with van der Waals surface area (Å²) in [6.07, 6.45) is 1.84. The van der Waals surface area contributed by atoms with Gasteiger partial charge >= 0.3 is 0 Å². The number of carbonyl (C=O) groups excluding carboxylic acids is 3. The van der Waals surface area contributed by atoms with Crippen molar-refractivity contribution in [1.29, 1.82) is 0 Å². The van der Waals surface area contributed by atoms with Gasteiger partial charge in [-0.15, -0.1) is 0 Å². The van der Waals surface area contributed by atoms with Crippen molar-refractivity contribution in [3.8, 4) is 22.8 Å². The summed E-state index contributed by atoms with van der Waals surface area (Å²) in [7, 11) is 0. The third kappa shape index (κ3) is 5.66. The average Bonchev–Trinajstić information content (AvgIpc) is 3.68. The highest BCUT2D eigenvalue weighted by Gasteiger charge is 2.29. The van der Waals surface area contributed by atoms with Crippen LogP contribution >= 0.6 is 0 Å². The van der Waals surface area contributed by atoms with E-state index in [2.05, 4.69) is 21.0 Å². The van der Waals surface area contributed by atoms with Crippen molar-refractivity contribution in [3.05, 3.63) is 70.5 Å². The molecule has 1 aliphatic heterocycles. The van der Waals surface area contributed by atoms with Gasteiger partial charge in [0.05, 0.1) is 5.69 Å². The molecule has 1 fully saturated rings. The molecule has 3 amide bonds. The van der Waals surface area contributed by atoms with Crippen molar-refractivity contribution in [2.24, 2.45) is 5.92 Å². The summed E-state index contributed by atoms with van der Waals surface area (Å²) >= 11 is 0. The maximum atomic E-state index is 12.7. The first-order valence-electron chi connectivity index (χ1n) is 12.4. The standard InChI is InChI=1S/C27H27N5O6/c1-16(32-24(33)11-9-21(31-32)19-6-10-22-23(14-19)38-15-37-22)25(34)28-12-13-29-26(35)17-4-7-20(8-5-17)30-27(36)18-2-3-18/h4-11,14,16,18H,2-3,12-13,15H2,1H3,(H,28,34)(H,29,35)(H,30,36). The molecule has 196 valence electrons. The van der Waals surface area contributed by atoms with Gasteiger partial charge in [0.15, 0.2) is 11.5 Å². The van der Waals surface area contributed by atoms with Gasteiger partial charge in [0.25, 0.3) is 11.5 Å². The fourth-order valence-corrected chi connectivity index (χ4v) is 3.93. The SMILES string of the molecule is CC(C(=O)NCCNC(=O)c1ccc(NC(=O)C2CC2)cc1)n1nc(-c2ccc3c(c2)OCO3)ccc1=O. The van der Waals surface area contributed by atoms with E-state index < -0.39 is 17.5 Å². The smallest absolute Gasteiger partial charge is 0.267 e. The number of carbonyl (C=O) groups is 3. The van der Waals surface area contributed by atoms with Gasteiger partial charge in [-0.25, -0.2) is 4.68 Å². The van der Waals surface area contributed by atoms with Crippen LogP contribution < -0.4 is 31.0 Å². The molecule has 1 aromatic heterocycles. The molecular formula is C27H27N5O6. The number of nitrogens with zero attached hydrogens (tertiary/aromatic N) is 2. The molecule has 3 aromatic rings. The molecule has 0 spiro atoms. The number of benzene rings is 2. The quantitative estimate of drug-likeness (QED) is 0.369. The predicted octanol–water partition coefficient (Wildman–Crippen LogP) is 2.09. The highest BCUT2D eigenvalue weighted by atomic mass is 16.7. The Morgan fingerprint density at radius 3 is 2.47 bits per heavy atom. The molecule has 1 unspecified atom stereocenters. The zero-order chi connectivity index (χ0) is 26.6. The Morgan fingerprint density at radius 1 is 0.974 bits per heavy atom. The summed E-state index contributed by atoms with van der Waals surface area (Å²) in [5.41, 5.74) is 1.89. The lowest BCUT2D eigenvalue weighted by atomic mass is 10.1. The molecule has 0 saturated heterocycles. The number of ether oxygens (including phenoxy) is 2. The molecule has 2 aromatic carbocycles. The van der Waals surface area contributed by atoms with Crippen molar-refractivity contribution in [3.63, 3.8) is 0 Å². The van der Waals surface area contributed by atoms with E-state index in [1.54, 1.807) is 55.5 Å². The molecular weight excluding hydrogens is 490 g/mol. The lowest BCUT2D eigenvalue weighted by Crippen LogP contribution is -2.40. The summed E-state index contributed by atoms with van der Waals surface area (Å²) in [6, 6.07) is 14.0. The van der Waals surface area contributed by atoms with Crippen LogP contribution in [0.2, 0.25) is 0 Å². The van der Waals surface area contributed by atoms with E-state index in [9.17, 15) is 19.2 Å². The minimum absolute atomic E-state index is 0.00397. The van der Waals surface area contributed by atoms with E-state index in [1.165, 1.54) is 6.07 Å². The molecule has 1 atom stereocenters. The second-order valence-corrected chi connectivity index (χ2v) is 9.13. The Morgan fingerprint density at radius 2 is 1.71 bits per heavy atom. The van der Waals surface area contributed by atoms with Gasteiger partial charge in [-0.2, -0.15) is 5.10 Å². The Hall–Kier alpha value is -4.67. The lowest BCUT2D eigenvalue weighted by molar-refractivity contribution is -0.124. The van der Waals surface area contributed by atoms with Crippen molar-refractivity contribution in [2.45, 2.75) is 25.8 Å². The number of amides is 3. The molecule has 2 heterocycles. The largest absolute Gasteiger partial charge is 0.454 e. The number of anilines is 1. The first-order valence-corrected chi connectivity index (χ1v) is 12.4. The molecule has 1 saturated carbocycles. The topological polar surface area (TPSA) is 141 Å². The Bertz CT molecular complexity index is 1430. The normalized spacial score (nSPS) is 14.4. The van der Waals surface area contributed by atoms with Crippen LogP contribution in [-0.2, 0) is 9.59 Å². The third-order valence-corrected chi connectivity index (χ3v) is 6.31. The van der Waals surface area contributed by atoms with Crippen LogP contribution in [0.15, 0.2) is 59.4 Å². The van der Waals surface area contributed by atoms with Gasteiger partial charge in [-0.3, -0.25) is 19.2 Å². The molecule has 38 heavy (non-hydrogen) atoms. The lowest BCUT2D eigenvalue weighted by Gasteiger charge is -2.15. The number of fused-ring (bicyclic) bond motifs is 1.